The molecule has 0 aliphatic heterocycles. The molecule has 306 valence electrons. The Kier molecular flexibility index (Phi) is 20.3. The van der Waals surface area contributed by atoms with Gasteiger partial charge >= 0.3 is 40.9 Å². The summed E-state index contributed by atoms with van der Waals surface area (Å²) in [6.07, 6.45) is 0. The molecule has 0 bridgehead atoms. The minimum atomic E-state index is -4.94. The van der Waals surface area contributed by atoms with Gasteiger partial charge in [0.1, 0.15) is 22.8 Å². The predicted molar refractivity (Wildman–Crippen MR) is 167 cm³/mol. The zero-order chi connectivity index (χ0) is 40.4. The number of ether oxygens (including phenoxy) is 4. The fourth-order valence-electron chi connectivity index (χ4n) is 4.41. The predicted octanol–water partition coefficient (Wildman–Crippen LogP) is -6.45. The molecule has 0 aliphatic carbocycles. The molecular formula is C32H28Cl2FeN4O18. The molecule has 0 amide bonds. The van der Waals surface area contributed by atoms with Crippen LogP contribution in [0.25, 0.3) is 43.6 Å². The standard InChI is InChI=1S/2C16H12N2O4.2ClHO4.Fe.2H2O/c2*1-21-15(19)11-7-5-9-3-4-10-6-8-12(16(20)22-2)18-14(10)13(9)17-11;2*2-1(3,4)5;;;/h2*3-8H,1-2H3;2*(H,2,3,4,5);;2*1H2/q;;;;+2;;/p-2. The number of rotatable bonds is 4. The number of carbonyl (C=O) groups is 4. The number of hydrogen-bond acceptors (Lipinski definition) is 20. The van der Waals surface area contributed by atoms with E-state index in [4.69, 9.17) is 37.3 Å². The smallest absolute Gasteiger partial charge is 0.464 e. The van der Waals surface area contributed by atoms with Crippen LogP contribution < -0.4 is 37.3 Å². The van der Waals surface area contributed by atoms with Crippen molar-refractivity contribution in [2.24, 2.45) is 0 Å². The summed E-state index contributed by atoms with van der Waals surface area (Å²) in [4.78, 5) is 63.8. The Morgan fingerprint density at radius 1 is 0.386 bits per heavy atom. The molecule has 2 aromatic carbocycles. The van der Waals surface area contributed by atoms with Crippen molar-refractivity contribution in [1.29, 1.82) is 0 Å². The van der Waals surface area contributed by atoms with Gasteiger partial charge in [0.2, 0.25) is 0 Å². The van der Waals surface area contributed by atoms with Crippen molar-refractivity contribution < 1.29 is 124 Å². The number of esters is 4. The Bertz CT molecular complexity index is 2020. The van der Waals surface area contributed by atoms with Gasteiger partial charge in [-0.15, -0.1) is 20.5 Å². The van der Waals surface area contributed by atoms with Gasteiger partial charge in [0.25, 0.3) is 0 Å². The molecule has 0 fully saturated rings. The van der Waals surface area contributed by atoms with E-state index >= 15 is 0 Å². The molecule has 22 nitrogen and oxygen atoms in total. The van der Waals surface area contributed by atoms with Crippen LogP contribution in [0.15, 0.2) is 72.8 Å². The van der Waals surface area contributed by atoms with Crippen molar-refractivity contribution in [2.75, 3.05) is 28.4 Å². The largest absolute Gasteiger partial charge is 2.00 e. The summed E-state index contributed by atoms with van der Waals surface area (Å²) in [5.41, 5.74) is 2.88. The minimum Gasteiger partial charge on any atom is -0.464 e. The molecule has 0 saturated heterocycles. The van der Waals surface area contributed by atoms with E-state index in [0.717, 1.165) is 21.5 Å². The third-order valence-corrected chi connectivity index (χ3v) is 6.62. The number of carbonyl (C=O) groups excluding carboxylic acids is 4. The van der Waals surface area contributed by atoms with Crippen LogP contribution in [0.4, 0.5) is 0 Å². The van der Waals surface area contributed by atoms with E-state index in [1.165, 1.54) is 28.4 Å². The quantitative estimate of drug-likeness (QED) is 0.0687. The van der Waals surface area contributed by atoms with Gasteiger partial charge in [0, 0.05) is 21.5 Å². The van der Waals surface area contributed by atoms with E-state index in [9.17, 15) is 19.2 Å². The van der Waals surface area contributed by atoms with Crippen LogP contribution >= 0.6 is 0 Å². The van der Waals surface area contributed by atoms with Gasteiger partial charge in [-0.3, -0.25) is 0 Å². The maximum atomic E-state index is 11.6. The van der Waals surface area contributed by atoms with Gasteiger partial charge in [-0.25, -0.2) is 76.4 Å². The van der Waals surface area contributed by atoms with Crippen LogP contribution in [0, 0.1) is 20.5 Å². The van der Waals surface area contributed by atoms with Crippen LogP contribution in [-0.4, -0.2) is 83.2 Å². The van der Waals surface area contributed by atoms with Gasteiger partial charge in [-0.2, -0.15) is 0 Å². The fraction of sp³-hybridized carbons (Fsp3) is 0.125. The monoisotopic (exact) mass is 882 g/mol. The van der Waals surface area contributed by atoms with Crippen LogP contribution in [-0.2, 0) is 36.0 Å². The van der Waals surface area contributed by atoms with E-state index in [-0.39, 0.29) is 50.8 Å². The first-order chi connectivity index (χ1) is 25.3. The fourth-order valence-corrected chi connectivity index (χ4v) is 4.41. The summed E-state index contributed by atoms with van der Waals surface area (Å²) in [6.45, 7) is 0. The Balaban J connectivity index is 0.000000854. The molecule has 0 unspecified atom stereocenters. The van der Waals surface area contributed by atoms with Crippen LogP contribution in [0.3, 0.4) is 0 Å². The van der Waals surface area contributed by atoms with Crippen molar-refractivity contribution in [3.63, 3.8) is 0 Å². The van der Waals surface area contributed by atoms with Crippen molar-refractivity contribution in [3.8, 4) is 0 Å². The van der Waals surface area contributed by atoms with E-state index in [1.807, 2.05) is 24.3 Å². The third-order valence-electron chi connectivity index (χ3n) is 6.62. The molecule has 0 saturated carbocycles. The SMILES string of the molecule is COC(=O)c1ccc2ccc3ccc(C(=O)OC)nc3c2n1.COC(=O)c1ccc2ccc3ccc(C(=O)OC)nc3c2n1.O.O.[Fe+2].[O-][Cl+3]([O-])([O-])[O-].[O-][Cl+3]([O-])([O-])[O-]. The van der Waals surface area contributed by atoms with Crippen molar-refractivity contribution >= 4 is 67.5 Å². The average molecular weight is 883 g/mol. The molecule has 4 N–H and O–H groups in total. The molecule has 0 aliphatic rings. The van der Waals surface area contributed by atoms with Gasteiger partial charge < -0.3 is 29.9 Å². The Labute approximate surface area is 334 Å². The first kappa shape index (κ1) is 51.7. The molecule has 0 spiro atoms. The van der Waals surface area contributed by atoms with Crippen LogP contribution in [0.2, 0.25) is 0 Å². The maximum Gasteiger partial charge on any atom is 2.00 e. The summed E-state index contributed by atoms with van der Waals surface area (Å²) in [5, 5.41) is 3.26. The summed E-state index contributed by atoms with van der Waals surface area (Å²) in [5.74, 6) is -2.10. The van der Waals surface area contributed by atoms with Crippen molar-refractivity contribution in [3.05, 3.63) is 95.6 Å². The number of fused-ring (bicyclic) bond motifs is 6. The second-order valence-corrected chi connectivity index (χ2v) is 11.4. The topological polar surface area (TPSA) is 404 Å². The Hall–Kier alpha value is -5.34. The first-order valence-corrected chi connectivity index (χ1v) is 16.7. The minimum absolute atomic E-state index is 0. The molecule has 6 aromatic rings. The summed E-state index contributed by atoms with van der Waals surface area (Å²) in [7, 11) is -4.70. The summed E-state index contributed by atoms with van der Waals surface area (Å²) in [6, 6.07) is 20.9. The molecule has 4 heterocycles. The molecule has 0 radical (unpaired) electrons. The molecular weight excluding hydrogens is 855 g/mol. The van der Waals surface area contributed by atoms with Gasteiger partial charge in [-0.05, 0) is 24.3 Å². The normalized spacial score (nSPS) is 10.3. The zero-order valence-corrected chi connectivity index (χ0v) is 32.0. The molecule has 57 heavy (non-hydrogen) atoms. The number of benzene rings is 2. The van der Waals surface area contributed by atoms with Gasteiger partial charge in [0.05, 0.1) is 50.5 Å². The average Bonchev–Trinajstić information content (AvgIpc) is 3.14. The Morgan fingerprint density at radius 2 is 0.526 bits per heavy atom. The second kappa shape index (κ2) is 22.4. The number of nitrogens with zero attached hydrogens (tertiary/aromatic N) is 4. The third kappa shape index (κ3) is 15.3. The number of hydrogen-bond donors (Lipinski definition) is 0. The van der Waals surface area contributed by atoms with E-state index < -0.39 is 44.4 Å². The van der Waals surface area contributed by atoms with Gasteiger partial charge in [0.15, 0.2) is 0 Å². The maximum absolute atomic E-state index is 11.6. The molecule has 0 atom stereocenters. The van der Waals surface area contributed by atoms with E-state index in [2.05, 4.69) is 38.9 Å². The van der Waals surface area contributed by atoms with Crippen molar-refractivity contribution in [2.45, 2.75) is 0 Å². The van der Waals surface area contributed by atoms with E-state index in [1.54, 1.807) is 48.5 Å². The number of aromatic nitrogens is 4. The van der Waals surface area contributed by atoms with Crippen molar-refractivity contribution in [1.82, 2.24) is 19.9 Å². The number of pyridine rings is 4. The molecule has 4 aromatic heterocycles. The van der Waals surface area contributed by atoms with Gasteiger partial charge in [-0.1, -0.05) is 48.5 Å². The number of halogens is 2. The summed E-state index contributed by atoms with van der Waals surface area (Å²) < 4.78 is 86.7. The molecule has 6 rings (SSSR count). The number of methoxy groups -OCH3 is 4. The first-order valence-electron chi connectivity index (χ1n) is 14.3. The second-order valence-electron chi connectivity index (χ2n) is 9.93. The Morgan fingerprint density at radius 3 is 0.667 bits per heavy atom. The zero-order valence-electron chi connectivity index (χ0n) is 29.4. The van der Waals surface area contributed by atoms with Crippen LogP contribution in [0.5, 0.6) is 0 Å². The van der Waals surface area contributed by atoms with Crippen LogP contribution in [0.1, 0.15) is 42.0 Å². The molecule has 25 heteroatoms. The van der Waals surface area contributed by atoms with E-state index in [0.29, 0.717) is 22.1 Å². The summed E-state index contributed by atoms with van der Waals surface area (Å²) >= 11 is 0.